The first kappa shape index (κ1) is 13.1. The second-order valence-corrected chi connectivity index (χ2v) is 3.33. The van der Waals surface area contributed by atoms with Gasteiger partial charge in [0.05, 0.1) is 0 Å². The van der Waals surface area contributed by atoms with Crippen molar-refractivity contribution in [3.63, 3.8) is 0 Å². The monoisotopic (exact) mass is 250 g/mol. The Bertz CT molecular complexity index is 120. The number of halogens is 1. The third-order valence-electron chi connectivity index (χ3n) is 1.46. The first-order chi connectivity index (χ1) is 6.35. The predicted molar refractivity (Wildman–Crippen MR) is 59.2 cm³/mol. The summed E-state index contributed by atoms with van der Waals surface area (Å²) in [5, 5.41) is 1.05. The summed E-state index contributed by atoms with van der Waals surface area (Å²) in [6.45, 7) is 5.32. The molecule has 0 saturated heterocycles. The fourth-order valence-corrected chi connectivity index (χ4v) is 1.21. The van der Waals surface area contributed by atoms with Crippen molar-refractivity contribution in [2.75, 3.05) is 18.5 Å². The van der Waals surface area contributed by atoms with E-state index < -0.39 is 0 Å². The maximum Gasteiger partial charge on any atom is 0.176 e. The molecular weight excluding hydrogens is 232 g/mol. The van der Waals surface area contributed by atoms with Gasteiger partial charge in [0.1, 0.15) is 0 Å². The van der Waals surface area contributed by atoms with Gasteiger partial charge in [0.25, 0.3) is 0 Å². The normalized spacial score (nSPS) is 11.7. The minimum atomic E-state index is -0.162. The molecule has 0 aromatic rings. The van der Waals surface area contributed by atoms with E-state index in [4.69, 9.17) is 9.47 Å². The highest BCUT2D eigenvalue weighted by atomic mass is 79.9. The smallest absolute Gasteiger partial charge is 0.176 e. The van der Waals surface area contributed by atoms with Gasteiger partial charge in [0, 0.05) is 18.5 Å². The number of allylic oxidation sites excluding steroid dienone is 1. The second-order valence-electron chi connectivity index (χ2n) is 2.54. The van der Waals surface area contributed by atoms with Gasteiger partial charge in [-0.25, -0.2) is 0 Å². The maximum atomic E-state index is 5.34. The van der Waals surface area contributed by atoms with Crippen molar-refractivity contribution < 1.29 is 9.47 Å². The Balaban J connectivity index is 3.58. The average Bonchev–Trinajstić information content (AvgIpc) is 2.13. The van der Waals surface area contributed by atoms with Crippen LogP contribution in [0.2, 0.25) is 0 Å². The van der Waals surface area contributed by atoms with Crippen LogP contribution in [0, 0.1) is 0 Å². The number of hydrogen-bond acceptors (Lipinski definition) is 2. The summed E-state index contributed by atoms with van der Waals surface area (Å²) in [6, 6.07) is 0. The lowest BCUT2D eigenvalue weighted by Gasteiger charge is -2.12. The van der Waals surface area contributed by atoms with Crippen molar-refractivity contribution in [2.24, 2.45) is 0 Å². The first-order valence-corrected chi connectivity index (χ1v) is 5.93. The van der Waals surface area contributed by atoms with Crippen LogP contribution in [0.25, 0.3) is 0 Å². The third kappa shape index (κ3) is 8.47. The molecule has 0 aliphatic carbocycles. The van der Waals surface area contributed by atoms with Gasteiger partial charge in [-0.05, 0) is 32.8 Å². The minimum Gasteiger partial charge on any atom is -0.349 e. The molecule has 0 radical (unpaired) electrons. The van der Waals surface area contributed by atoms with Gasteiger partial charge in [-0.15, -0.1) is 0 Å². The van der Waals surface area contributed by atoms with Crippen LogP contribution >= 0.6 is 15.9 Å². The van der Waals surface area contributed by atoms with Crippen LogP contribution in [-0.2, 0) is 9.47 Å². The lowest BCUT2D eigenvalue weighted by Crippen LogP contribution is -2.14. The van der Waals surface area contributed by atoms with E-state index in [9.17, 15) is 0 Å². The van der Waals surface area contributed by atoms with Gasteiger partial charge >= 0.3 is 0 Å². The molecule has 0 aliphatic rings. The SMILES string of the molecule is CCOC(/C=C\CCCBr)OCC. The summed E-state index contributed by atoms with van der Waals surface area (Å²) >= 11 is 3.38. The van der Waals surface area contributed by atoms with E-state index >= 15 is 0 Å². The molecule has 0 heterocycles. The van der Waals surface area contributed by atoms with E-state index in [1.54, 1.807) is 0 Å². The standard InChI is InChI=1S/C10H19BrO2/c1-3-12-10(13-4-2)8-6-5-7-9-11/h6,8,10H,3-5,7,9H2,1-2H3/b8-6-. The van der Waals surface area contributed by atoms with E-state index in [-0.39, 0.29) is 6.29 Å². The van der Waals surface area contributed by atoms with Gasteiger partial charge in [-0.2, -0.15) is 0 Å². The fourth-order valence-electron chi connectivity index (χ4n) is 0.890. The van der Waals surface area contributed by atoms with Crippen LogP contribution in [0.4, 0.5) is 0 Å². The van der Waals surface area contributed by atoms with Crippen molar-refractivity contribution >= 4 is 15.9 Å². The van der Waals surface area contributed by atoms with Crippen molar-refractivity contribution in [2.45, 2.75) is 33.0 Å². The highest BCUT2D eigenvalue weighted by Gasteiger charge is 2.00. The van der Waals surface area contributed by atoms with Crippen LogP contribution in [0.3, 0.4) is 0 Å². The van der Waals surface area contributed by atoms with E-state index in [1.165, 1.54) is 0 Å². The summed E-state index contributed by atoms with van der Waals surface area (Å²) < 4.78 is 10.7. The van der Waals surface area contributed by atoms with Gasteiger partial charge in [0.2, 0.25) is 0 Å². The molecule has 3 heteroatoms. The quantitative estimate of drug-likeness (QED) is 0.285. The molecule has 0 atom stereocenters. The van der Waals surface area contributed by atoms with Crippen LogP contribution < -0.4 is 0 Å². The van der Waals surface area contributed by atoms with Gasteiger partial charge in [-0.1, -0.05) is 22.0 Å². The van der Waals surface area contributed by atoms with E-state index in [0.717, 1.165) is 18.2 Å². The molecule has 0 amide bonds. The molecule has 0 unspecified atom stereocenters. The Morgan fingerprint density at radius 2 is 1.85 bits per heavy atom. The molecule has 0 fully saturated rings. The summed E-state index contributed by atoms with van der Waals surface area (Å²) in [6.07, 6.45) is 6.15. The number of hydrogen-bond donors (Lipinski definition) is 0. The molecule has 0 bridgehead atoms. The predicted octanol–water partition coefficient (Wildman–Crippen LogP) is 3.12. The fraction of sp³-hybridized carbons (Fsp3) is 0.800. The van der Waals surface area contributed by atoms with Crippen LogP contribution in [-0.4, -0.2) is 24.8 Å². The Kier molecular flexibility index (Phi) is 10.3. The zero-order valence-corrected chi connectivity index (χ0v) is 10.0. The summed E-state index contributed by atoms with van der Waals surface area (Å²) in [5.41, 5.74) is 0. The Labute approximate surface area is 89.4 Å². The maximum absolute atomic E-state index is 5.34. The molecule has 0 N–H and O–H groups in total. The average molecular weight is 251 g/mol. The molecule has 0 aromatic carbocycles. The summed E-state index contributed by atoms with van der Waals surface area (Å²) in [4.78, 5) is 0. The van der Waals surface area contributed by atoms with Gasteiger partial charge < -0.3 is 9.47 Å². The van der Waals surface area contributed by atoms with E-state index in [2.05, 4.69) is 22.0 Å². The van der Waals surface area contributed by atoms with Crippen molar-refractivity contribution in [1.29, 1.82) is 0 Å². The molecule has 0 rings (SSSR count). The molecule has 78 valence electrons. The Morgan fingerprint density at radius 1 is 1.23 bits per heavy atom. The number of alkyl halides is 1. The number of unbranched alkanes of at least 4 members (excludes halogenated alkanes) is 1. The third-order valence-corrected chi connectivity index (χ3v) is 2.02. The number of rotatable bonds is 8. The zero-order chi connectivity index (χ0) is 9.94. The van der Waals surface area contributed by atoms with E-state index in [0.29, 0.717) is 13.2 Å². The lowest BCUT2D eigenvalue weighted by molar-refractivity contribution is -0.104. The molecule has 0 saturated carbocycles. The highest BCUT2D eigenvalue weighted by Crippen LogP contribution is 2.00. The summed E-state index contributed by atoms with van der Waals surface area (Å²) in [5.74, 6) is 0. The minimum absolute atomic E-state index is 0.162. The second kappa shape index (κ2) is 10.2. The highest BCUT2D eigenvalue weighted by molar-refractivity contribution is 9.09. The van der Waals surface area contributed by atoms with Crippen molar-refractivity contribution in [1.82, 2.24) is 0 Å². The molecule has 0 aromatic heterocycles. The van der Waals surface area contributed by atoms with Crippen LogP contribution in [0.1, 0.15) is 26.7 Å². The van der Waals surface area contributed by atoms with Gasteiger partial charge in [-0.3, -0.25) is 0 Å². The van der Waals surface area contributed by atoms with Gasteiger partial charge in [0.15, 0.2) is 6.29 Å². The largest absolute Gasteiger partial charge is 0.349 e. The van der Waals surface area contributed by atoms with Crippen molar-refractivity contribution in [3.05, 3.63) is 12.2 Å². The molecule has 0 aliphatic heterocycles. The lowest BCUT2D eigenvalue weighted by atomic mass is 10.3. The zero-order valence-electron chi connectivity index (χ0n) is 8.46. The van der Waals surface area contributed by atoms with Crippen LogP contribution in [0.15, 0.2) is 12.2 Å². The summed E-state index contributed by atoms with van der Waals surface area (Å²) in [7, 11) is 0. The number of ether oxygens (including phenoxy) is 2. The van der Waals surface area contributed by atoms with Crippen molar-refractivity contribution in [3.8, 4) is 0 Å². The molecule has 13 heavy (non-hydrogen) atoms. The molecule has 2 nitrogen and oxygen atoms in total. The Hall–Kier alpha value is 0.140. The van der Waals surface area contributed by atoms with E-state index in [1.807, 2.05) is 19.9 Å². The first-order valence-electron chi connectivity index (χ1n) is 4.81. The van der Waals surface area contributed by atoms with Crippen LogP contribution in [0.5, 0.6) is 0 Å². The molecular formula is C10H19BrO2. The Morgan fingerprint density at radius 3 is 2.31 bits per heavy atom. The molecule has 0 spiro atoms. The topological polar surface area (TPSA) is 18.5 Å².